The molecule has 0 unspecified atom stereocenters. The number of aromatic nitrogens is 3. The maximum absolute atomic E-state index is 12.6. The molecule has 0 radical (unpaired) electrons. The summed E-state index contributed by atoms with van der Waals surface area (Å²) in [6, 6.07) is 10.4. The summed E-state index contributed by atoms with van der Waals surface area (Å²) in [4.78, 5) is 3.72. The standard InChI is InChI=1S/C15H10ClF3N4S/c16-11-6-10(15(17,18)19)7-20-13(11)21-8-12-22-23-14(24-12)9-4-2-1-3-5-9/h1-7H,8H2,(H,20,21). The van der Waals surface area contributed by atoms with Gasteiger partial charge < -0.3 is 5.32 Å². The Morgan fingerprint density at radius 1 is 1.12 bits per heavy atom. The average molecular weight is 371 g/mol. The fourth-order valence-electron chi connectivity index (χ4n) is 1.90. The number of halogens is 4. The lowest BCUT2D eigenvalue weighted by molar-refractivity contribution is -0.137. The highest BCUT2D eigenvalue weighted by Crippen LogP contribution is 2.32. The van der Waals surface area contributed by atoms with Crippen molar-refractivity contribution >= 4 is 28.8 Å². The minimum Gasteiger partial charge on any atom is -0.362 e. The first kappa shape index (κ1) is 16.7. The molecular formula is C15H10ClF3N4S. The van der Waals surface area contributed by atoms with E-state index >= 15 is 0 Å². The number of benzene rings is 1. The molecule has 1 N–H and O–H groups in total. The van der Waals surface area contributed by atoms with Crippen molar-refractivity contribution in [2.24, 2.45) is 0 Å². The summed E-state index contributed by atoms with van der Waals surface area (Å²) in [6.07, 6.45) is -3.73. The van der Waals surface area contributed by atoms with Gasteiger partial charge in [-0.2, -0.15) is 13.2 Å². The zero-order chi connectivity index (χ0) is 17.2. The van der Waals surface area contributed by atoms with E-state index in [0.29, 0.717) is 5.01 Å². The maximum atomic E-state index is 12.6. The Bertz CT molecular complexity index is 836. The minimum atomic E-state index is -4.47. The van der Waals surface area contributed by atoms with Crippen molar-refractivity contribution in [2.75, 3.05) is 5.32 Å². The van der Waals surface area contributed by atoms with Gasteiger partial charge >= 0.3 is 6.18 Å². The third-order valence-corrected chi connectivity index (χ3v) is 4.32. The van der Waals surface area contributed by atoms with Crippen molar-refractivity contribution in [3.05, 3.63) is 58.2 Å². The molecule has 124 valence electrons. The first-order valence-electron chi connectivity index (χ1n) is 6.78. The van der Waals surface area contributed by atoms with E-state index in [0.717, 1.165) is 22.8 Å². The van der Waals surface area contributed by atoms with Crippen molar-refractivity contribution in [3.63, 3.8) is 0 Å². The van der Waals surface area contributed by atoms with Crippen LogP contribution >= 0.6 is 22.9 Å². The molecule has 0 bridgehead atoms. The average Bonchev–Trinajstić information content (AvgIpc) is 3.02. The quantitative estimate of drug-likeness (QED) is 0.710. The van der Waals surface area contributed by atoms with Crippen LogP contribution in [0.15, 0.2) is 42.6 Å². The number of nitrogens with one attached hydrogen (secondary N) is 1. The largest absolute Gasteiger partial charge is 0.417 e. The van der Waals surface area contributed by atoms with Gasteiger partial charge in [-0.1, -0.05) is 53.3 Å². The Morgan fingerprint density at radius 2 is 1.88 bits per heavy atom. The molecule has 2 heterocycles. The van der Waals surface area contributed by atoms with Crippen molar-refractivity contribution < 1.29 is 13.2 Å². The summed E-state index contributed by atoms with van der Waals surface area (Å²) in [6.45, 7) is 0.266. The molecule has 2 aromatic heterocycles. The smallest absolute Gasteiger partial charge is 0.362 e. The molecule has 0 saturated carbocycles. The number of hydrogen-bond acceptors (Lipinski definition) is 5. The molecule has 0 aliphatic heterocycles. The van der Waals surface area contributed by atoms with Gasteiger partial charge in [-0.3, -0.25) is 0 Å². The Labute approximate surface area is 144 Å². The fourth-order valence-corrected chi connectivity index (χ4v) is 2.92. The van der Waals surface area contributed by atoms with Crippen molar-refractivity contribution in [1.29, 1.82) is 0 Å². The first-order valence-corrected chi connectivity index (χ1v) is 7.97. The van der Waals surface area contributed by atoms with E-state index in [2.05, 4.69) is 20.5 Å². The van der Waals surface area contributed by atoms with E-state index in [1.807, 2.05) is 30.3 Å². The lowest BCUT2D eigenvalue weighted by Gasteiger charge is -2.09. The third-order valence-electron chi connectivity index (χ3n) is 3.06. The molecule has 1 aromatic carbocycles. The number of pyridine rings is 1. The molecule has 9 heteroatoms. The fraction of sp³-hybridized carbons (Fsp3) is 0.133. The monoisotopic (exact) mass is 370 g/mol. The summed E-state index contributed by atoms with van der Waals surface area (Å²) >= 11 is 7.23. The predicted octanol–water partition coefficient (Wildman–Crippen LogP) is 4.88. The number of rotatable bonds is 4. The zero-order valence-electron chi connectivity index (χ0n) is 12.0. The molecule has 0 aliphatic carbocycles. The molecule has 0 atom stereocenters. The summed E-state index contributed by atoms with van der Waals surface area (Å²) in [5, 5.41) is 12.3. The first-order chi connectivity index (χ1) is 11.4. The van der Waals surface area contributed by atoms with Gasteiger partial charge in [0.25, 0.3) is 0 Å². The van der Waals surface area contributed by atoms with Crippen LogP contribution in [0.1, 0.15) is 10.6 Å². The van der Waals surface area contributed by atoms with E-state index in [-0.39, 0.29) is 17.4 Å². The second kappa shape index (κ2) is 6.74. The molecular weight excluding hydrogens is 361 g/mol. The Morgan fingerprint density at radius 3 is 2.54 bits per heavy atom. The lowest BCUT2D eigenvalue weighted by Crippen LogP contribution is -2.08. The molecule has 0 spiro atoms. The highest BCUT2D eigenvalue weighted by molar-refractivity contribution is 7.14. The van der Waals surface area contributed by atoms with Gasteiger partial charge in [-0.05, 0) is 6.07 Å². The lowest BCUT2D eigenvalue weighted by atomic mass is 10.2. The molecule has 0 saturated heterocycles. The van der Waals surface area contributed by atoms with E-state index in [1.54, 1.807) is 0 Å². The minimum absolute atomic E-state index is 0.0994. The normalized spacial score (nSPS) is 11.5. The van der Waals surface area contributed by atoms with Crippen molar-refractivity contribution in [1.82, 2.24) is 15.2 Å². The van der Waals surface area contributed by atoms with Gasteiger partial charge in [-0.25, -0.2) is 4.98 Å². The van der Waals surface area contributed by atoms with Gasteiger partial charge in [-0.15, -0.1) is 10.2 Å². The van der Waals surface area contributed by atoms with Crippen LogP contribution in [0, 0.1) is 0 Å². The number of alkyl halides is 3. The SMILES string of the molecule is FC(F)(F)c1cnc(NCc2nnc(-c3ccccc3)s2)c(Cl)c1. The van der Waals surface area contributed by atoms with E-state index in [9.17, 15) is 13.2 Å². The molecule has 0 aliphatic rings. The second-order valence-corrected chi connectivity index (χ2v) is 6.24. The highest BCUT2D eigenvalue weighted by Gasteiger charge is 2.31. The summed E-state index contributed by atoms with van der Waals surface area (Å²) < 4.78 is 37.7. The molecule has 0 fully saturated rings. The van der Waals surface area contributed by atoms with Crippen LogP contribution in [0.2, 0.25) is 5.02 Å². The molecule has 0 amide bonds. The van der Waals surface area contributed by atoms with Crippen LogP contribution in [0.4, 0.5) is 19.0 Å². The number of anilines is 1. The van der Waals surface area contributed by atoms with Crippen LogP contribution in [-0.2, 0) is 12.7 Å². The third kappa shape index (κ3) is 3.82. The molecule has 3 rings (SSSR count). The van der Waals surface area contributed by atoms with Gasteiger partial charge in [0.2, 0.25) is 0 Å². The van der Waals surface area contributed by atoms with E-state index < -0.39 is 11.7 Å². The maximum Gasteiger partial charge on any atom is 0.417 e. The molecule has 3 aromatic rings. The van der Waals surface area contributed by atoms with Crippen LogP contribution in [0.25, 0.3) is 10.6 Å². The zero-order valence-corrected chi connectivity index (χ0v) is 13.6. The van der Waals surface area contributed by atoms with Crippen molar-refractivity contribution in [3.8, 4) is 10.6 Å². The number of nitrogens with zero attached hydrogens (tertiary/aromatic N) is 3. The van der Waals surface area contributed by atoms with Gasteiger partial charge in [0.05, 0.1) is 17.1 Å². The Kier molecular flexibility index (Phi) is 4.68. The van der Waals surface area contributed by atoms with Crippen LogP contribution in [0.3, 0.4) is 0 Å². The summed E-state index contributed by atoms with van der Waals surface area (Å²) in [7, 11) is 0. The van der Waals surface area contributed by atoms with Gasteiger partial charge in [0, 0.05) is 11.8 Å². The topological polar surface area (TPSA) is 50.7 Å². The highest BCUT2D eigenvalue weighted by atomic mass is 35.5. The Hall–Kier alpha value is -2.19. The van der Waals surface area contributed by atoms with E-state index in [1.165, 1.54) is 11.3 Å². The number of hydrogen-bond donors (Lipinski definition) is 1. The van der Waals surface area contributed by atoms with Crippen LogP contribution in [-0.4, -0.2) is 15.2 Å². The Balaban J connectivity index is 1.69. The van der Waals surface area contributed by atoms with Gasteiger partial charge in [0.1, 0.15) is 15.8 Å². The molecule has 4 nitrogen and oxygen atoms in total. The van der Waals surface area contributed by atoms with Crippen LogP contribution in [0.5, 0.6) is 0 Å². The predicted molar refractivity (Wildman–Crippen MR) is 86.9 cm³/mol. The van der Waals surface area contributed by atoms with Crippen LogP contribution < -0.4 is 5.32 Å². The van der Waals surface area contributed by atoms with E-state index in [4.69, 9.17) is 11.6 Å². The summed E-state index contributed by atoms with van der Waals surface area (Å²) in [5.74, 6) is 0.168. The van der Waals surface area contributed by atoms with Crippen molar-refractivity contribution in [2.45, 2.75) is 12.7 Å². The summed E-state index contributed by atoms with van der Waals surface area (Å²) in [5.41, 5.74) is 0.0623. The van der Waals surface area contributed by atoms with Gasteiger partial charge in [0.15, 0.2) is 0 Å². The second-order valence-electron chi connectivity index (χ2n) is 4.77. The molecule has 24 heavy (non-hydrogen) atoms.